The molecule has 7 heteroatoms. The van der Waals surface area contributed by atoms with Crippen molar-refractivity contribution in [2.45, 2.75) is 71.9 Å². The summed E-state index contributed by atoms with van der Waals surface area (Å²) in [6, 6.07) is 0.811. The molecular formula is C22H43N5O2. The Labute approximate surface area is 177 Å². The van der Waals surface area contributed by atoms with Crippen LogP contribution in [-0.2, 0) is 4.74 Å². The number of hydrogen-bond acceptors (Lipinski definition) is 4. The van der Waals surface area contributed by atoms with E-state index in [1.807, 2.05) is 39.6 Å². The molecule has 7 nitrogen and oxygen atoms in total. The Morgan fingerprint density at radius 1 is 1.14 bits per heavy atom. The van der Waals surface area contributed by atoms with Crippen LogP contribution in [0.1, 0.15) is 60.3 Å². The molecule has 0 aromatic rings. The minimum absolute atomic E-state index is 0.198. The molecule has 2 fully saturated rings. The quantitative estimate of drug-likeness (QED) is 0.493. The summed E-state index contributed by atoms with van der Waals surface area (Å²) in [5.41, 5.74) is -0.446. The predicted octanol–water partition coefficient (Wildman–Crippen LogP) is 3.02. The molecule has 0 bridgehead atoms. The lowest BCUT2D eigenvalue weighted by Crippen LogP contribution is -2.49. The van der Waals surface area contributed by atoms with Gasteiger partial charge in [-0.1, -0.05) is 6.92 Å². The molecule has 29 heavy (non-hydrogen) atoms. The highest BCUT2D eigenvalue weighted by atomic mass is 16.6. The number of carbonyl (C=O) groups excluding carboxylic acids is 1. The van der Waals surface area contributed by atoms with Crippen LogP contribution in [0.25, 0.3) is 0 Å². The Bertz CT molecular complexity index is 534. The Balaban J connectivity index is 1.74. The van der Waals surface area contributed by atoms with Crippen molar-refractivity contribution in [3.63, 3.8) is 0 Å². The molecule has 2 aliphatic rings. The number of aliphatic imine (C=N–C) groups is 1. The standard InChI is InChI=1S/C22H43N5O2/c1-7-25(19-9-10-19)16-13-24-20(23-6)27-14-11-18(12-15-27)17-26(8-2)21(28)29-22(3,4)5/h18-19H,7-17H2,1-6H3,(H,23,24). The molecule has 0 aromatic carbocycles. The molecule has 0 radical (unpaired) electrons. The van der Waals surface area contributed by atoms with Crippen LogP contribution < -0.4 is 5.32 Å². The fourth-order valence-electron chi connectivity index (χ4n) is 3.98. The van der Waals surface area contributed by atoms with Crippen LogP contribution in [0.4, 0.5) is 4.79 Å². The molecule has 1 saturated heterocycles. The van der Waals surface area contributed by atoms with Gasteiger partial charge in [0, 0.05) is 52.4 Å². The lowest BCUT2D eigenvalue weighted by atomic mass is 9.96. The van der Waals surface area contributed by atoms with Gasteiger partial charge in [0.2, 0.25) is 0 Å². The molecule has 1 amide bonds. The third kappa shape index (κ3) is 8.03. The van der Waals surface area contributed by atoms with Crippen molar-refractivity contribution in [3.8, 4) is 0 Å². The number of carbonyl (C=O) groups is 1. The number of amides is 1. The molecule has 0 unspecified atom stereocenters. The average Bonchev–Trinajstić information content (AvgIpc) is 3.51. The van der Waals surface area contributed by atoms with Gasteiger partial charge >= 0.3 is 6.09 Å². The van der Waals surface area contributed by atoms with Crippen molar-refractivity contribution < 1.29 is 9.53 Å². The van der Waals surface area contributed by atoms with Crippen molar-refractivity contribution in [3.05, 3.63) is 0 Å². The second kappa shape index (κ2) is 11.0. The highest BCUT2D eigenvalue weighted by Crippen LogP contribution is 2.26. The summed E-state index contributed by atoms with van der Waals surface area (Å²) >= 11 is 0. The van der Waals surface area contributed by atoms with E-state index >= 15 is 0 Å². The summed E-state index contributed by atoms with van der Waals surface area (Å²) in [4.78, 5) is 23.6. The maximum atomic E-state index is 12.4. The number of rotatable bonds is 8. The van der Waals surface area contributed by atoms with Gasteiger partial charge in [-0.2, -0.15) is 0 Å². The fraction of sp³-hybridized carbons (Fsp3) is 0.909. The predicted molar refractivity (Wildman–Crippen MR) is 119 cm³/mol. The van der Waals surface area contributed by atoms with Gasteiger partial charge in [-0.15, -0.1) is 0 Å². The third-order valence-electron chi connectivity index (χ3n) is 5.79. The van der Waals surface area contributed by atoms with Gasteiger partial charge in [0.05, 0.1) is 0 Å². The molecular weight excluding hydrogens is 366 g/mol. The van der Waals surface area contributed by atoms with E-state index in [0.29, 0.717) is 12.5 Å². The monoisotopic (exact) mass is 409 g/mol. The number of nitrogens with zero attached hydrogens (tertiary/aromatic N) is 4. The van der Waals surface area contributed by atoms with Crippen LogP contribution in [0, 0.1) is 5.92 Å². The summed E-state index contributed by atoms with van der Waals surface area (Å²) in [5.74, 6) is 1.53. The van der Waals surface area contributed by atoms with Gasteiger partial charge < -0.3 is 19.9 Å². The van der Waals surface area contributed by atoms with E-state index in [1.165, 1.54) is 12.8 Å². The zero-order valence-corrected chi connectivity index (χ0v) is 19.5. The van der Waals surface area contributed by atoms with E-state index in [2.05, 4.69) is 27.0 Å². The van der Waals surface area contributed by atoms with Crippen molar-refractivity contribution >= 4 is 12.1 Å². The van der Waals surface area contributed by atoms with Gasteiger partial charge in [-0.25, -0.2) is 4.79 Å². The first-order valence-corrected chi connectivity index (χ1v) is 11.4. The van der Waals surface area contributed by atoms with E-state index in [4.69, 9.17) is 4.74 Å². The Morgan fingerprint density at radius 2 is 1.79 bits per heavy atom. The SMILES string of the molecule is CCN(CC1CCN(C(=NC)NCCN(CC)C2CC2)CC1)C(=O)OC(C)(C)C. The molecule has 168 valence electrons. The molecule has 1 heterocycles. The van der Waals surface area contributed by atoms with Crippen LogP contribution >= 0.6 is 0 Å². The number of guanidine groups is 1. The summed E-state index contributed by atoms with van der Waals surface area (Å²) in [6.07, 6.45) is 4.66. The molecule has 2 rings (SSSR count). The molecule has 0 spiro atoms. The second-order valence-corrected chi connectivity index (χ2v) is 9.28. The van der Waals surface area contributed by atoms with Crippen molar-refractivity contribution in [1.29, 1.82) is 0 Å². The summed E-state index contributed by atoms with van der Waals surface area (Å²) < 4.78 is 5.55. The molecule has 0 aromatic heterocycles. The highest BCUT2D eigenvalue weighted by Gasteiger charge is 2.28. The topological polar surface area (TPSA) is 60.4 Å². The minimum atomic E-state index is -0.446. The normalized spacial score (nSPS) is 18.9. The first-order chi connectivity index (χ1) is 13.8. The van der Waals surface area contributed by atoms with Crippen LogP contribution in [0.3, 0.4) is 0 Å². The van der Waals surface area contributed by atoms with Gasteiger partial charge in [0.1, 0.15) is 5.60 Å². The number of likely N-dealkylation sites (tertiary alicyclic amines) is 1. The van der Waals surface area contributed by atoms with Crippen LogP contribution in [0.2, 0.25) is 0 Å². The van der Waals surface area contributed by atoms with E-state index in [9.17, 15) is 4.79 Å². The summed E-state index contributed by atoms with van der Waals surface area (Å²) in [6.45, 7) is 16.6. The van der Waals surface area contributed by atoms with E-state index in [0.717, 1.165) is 64.1 Å². The molecule has 1 saturated carbocycles. The average molecular weight is 410 g/mol. The smallest absolute Gasteiger partial charge is 0.410 e. The number of nitrogens with one attached hydrogen (secondary N) is 1. The molecule has 1 aliphatic carbocycles. The van der Waals surface area contributed by atoms with Gasteiger partial charge in [-0.05, 0) is 65.8 Å². The van der Waals surface area contributed by atoms with E-state index in [-0.39, 0.29) is 6.09 Å². The maximum absolute atomic E-state index is 12.4. The Morgan fingerprint density at radius 3 is 2.28 bits per heavy atom. The van der Waals surface area contributed by atoms with Crippen LogP contribution in [-0.4, -0.2) is 91.3 Å². The Kier molecular flexibility index (Phi) is 9.05. The van der Waals surface area contributed by atoms with Crippen LogP contribution in [0.5, 0.6) is 0 Å². The van der Waals surface area contributed by atoms with Gasteiger partial charge in [-0.3, -0.25) is 9.89 Å². The largest absolute Gasteiger partial charge is 0.444 e. The van der Waals surface area contributed by atoms with Crippen molar-refractivity contribution in [1.82, 2.24) is 20.0 Å². The highest BCUT2D eigenvalue weighted by molar-refractivity contribution is 5.80. The zero-order chi connectivity index (χ0) is 21.4. The Hall–Kier alpha value is -1.50. The van der Waals surface area contributed by atoms with Gasteiger partial charge in [0.25, 0.3) is 0 Å². The molecule has 1 aliphatic heterocycles. The first-order valence-electron chi connectivity index (χ1n) is 11.4. The summed E-state index contributed by atoms with van der Waals surface area (Å²) in [7, 11) is 1.87. The van der Waals surface area contributed by atoms with E-state index in [1.54, 1.807) is 0 Å². The number of likely N-dealkylation sites (N-methyl/N-ethyl adjacent to an activating group) is 1. The van der Waals surface area contributed by atoms with Crippen LogP contribution in [0.15, 0.2) is 4.99 Å². The molecule has 1 N–H and O–H groups in total. The number of hydrogen-bond donors (Lipinski definition) is 1. The van der Waals surface area contributed by atoms with Gasteiger partial charge in [0.15, 0.2) is 5.96 Å². The minimum Gasteiger partial charge on any atom is -0.444 e. The zero-order valence-electron chi connectivity index (χ0n) is 19.5. The lowest BCUT2D eigenvalue weighted by Gasteiger charge is -2.36. The number of ether oxygens (including phenoxy) is 1. The first kappa shape index (κ1) is 23.8. The fourth-order valence-corrected chi connectivity index (χ4v) is 3.98. The van der Waals surface area contributed by atoms with E-state index < -0.39 is 5.60 Å². The second-order valence-electron chi connectivity index (χ2n) is 9.28. The third-order valence-corrected chi connectivity index (χ3v) is 5.79. The lowest BCUT2D eigenvalue weighted by molar-refractivity contribution is 0.0214. The van der Waals surface area contributed by atoms with Crippen molar-refractivity contribution in [2.75, 3.05) is 52.9 Å². The number of piperidine rings is 1. The summed E-state index contributed by atoms with van der Waals surface area (Å²) in [5, 5.41) is 3.55. The molecule has 0 atom stereocenters. The van der Waals surface area contributed by atoms with Crippen molar-refractivity contribution in [2.24, 2.45) is 10.9 Å². The maximum Gasteiger partial charge on any atom is 0.410 e.